The summed E-state index contributed by atoms with van der Waals surface area (Å²) in [7, 11) is 1.64. The molecular weight excluding hydrogens is 368 g/mol. The first-order chi connectivity index (χ1) is 14.0. The highest BCUT2D eigenvalue weighted by Crippen LogP contribution is 2.33. The van der Waals surface area contributed by atoms with Crippen molar-refractivity contribution in [3.05, 3.63) is 59.2 Å². The third-order valence-electron chi connectivity index (χ3n) is 4.97. The van der Waals surface area contributed by atoms with E-state index in [1.165, 1.54) is 5.56 Å². The SMILES string of the molecule is COc1nc2cc(C)ccc2cc1CN(Cc1ccc2c(c1)OCO2)C[C@H](C)O. The van der Waals surface area contributed by atoms with Crippen LogP contribution in [0.2, 0.25) is 0 Å². The Labute approximate surface area is 170 Å². The minimum atomic E-state index is -0.453. The highest BCUT2D eigenvalue weighted by molar-refractivity contribution is 5.80. The van der Waals surface area contributed by atoms with Gasteiger partial charge >= 0.3 is 0 Å². The number of rotatable bonds is 7. The molecule has 1 N–H and O–H groups in total. The van der Waals surface area contributed by atoms with Crippen LogP contribution in [0.3, 0.4) is 0 Å². The smallest absolute Gasteiger partial charge is 0.231 e. The van der Waals surface area contributed by atoms with Gasteiger partial charge in [0, 0.05) is 30.6 Å². The van der Waals surface area contributed by atoms with Crippen molar-refractivity contribution >= 4 is 10.9 Å². The van der Waals surface area contributed by atoms with Gasteiger partial charge in [-0.15, -0.1) is 0 Å². The molecule has 4 rings (SSSR count). The van der Waals surface area contributed by atoms with Gasteiger partial charge < -0.3 is 19.3 Å². The lowest BCUT2D eigenvalue weighted by molar-refractivity contribution is 0.117. The molecule has 1 atom stereocenters. The van der Waals surface area contributed by atoms with E-state index in [2.05, 4.69) is 36.1 Å². The average molecular weight is 394 g/mol. The molecule has 0 unspecified atom stereocenters. The lowest BCUT2D eigenvalue weighted by Crippen LogP contribution is -2.30. The molecule has 0 aliphatic carbocycles. The van der Waals surface area contributed by atoms with Crippen LogP contribution in [0.5, 0.6) is 17.4 Å². The van der Waals surface area contributed by atoms with Crippen molar-refractivity contribution in [1.82, 2.24) is 9.88 Å². The number of hydrogen-bond donors (Lipinski definition) is 1. The van der Waals surface area contributed by atoms with Gasteiger partial charge in [0.1, 0.15) is 0 Å². The number of fused-ring (bicyclic) bond motifs is 2. The van der Waals surface area contributed by atoms with Crippen LogP contribution in [0.25, 0.3) is 10.9 Å². The molecule has 6 heteroatoms. The quantitative estimate of drug-likeness (QED) is 0.660. The maximum atomic E-state index is 10.0. The van der Waals surface area contributed by atoms with E-state index < -0.39 is 6.10 Å². The van der Waals surface area contributed by atoms with Gasteiger partial charge in [0.25, 0.3) is 0 Å². The lowest BCUT2D eigenvalue weighted by atomic mass is 10.1. The summed E-state index contributed by atoms with van der Waals surface area (Å²) in [6.07, 6.45) is -0.453. The summed E-state index contributed by atoms with van der Waals surface area (Å²) >= 11 is 0. The first-order valence-electron chi connectivity index (χ1n) is 9.75. The van der Waals surface area contributed by atoms with Gasteiger partial charge in [-0.1, -0.05) is 18.2 Å². The number of methoxy groups -OCH3 is 1. The zero-order valence-electron chi connectivity index (χ0n) is 17.0. The molecule has 29 heavy (non-hydrogen) atoms. The summed E-state index contributed by atoms with van der Waals surface area (Å²) < 4.78 is 16.5. The fourth-order valence-electron chi connectivity index (χ4n) is 3.69. The van der Waals surface area contributed by atoms with Crippen LogP contribution in [-0.2, 0) is 13.1 Å². The van der Waals surface area contributed by atoms with Crippen LogP contribution in [0.4, 0.5) is 0 Å². The number of aliphatic hydroxyl groups excluding tert-OH is 1. The molecule has 6 nitrogen and oxygen atoms in total. The Bertz CT molecular complexity index is 1020. The van der Waals surface area contributed by atoms with Crippen molar-refractivity contribution in [2.45, 2.75) is 33.0 Å². The van der Waals surface area contributed by atoms with E-state index in [4.69, 9.17) is 19.2 Å². The predicted molar refractivity (Wildman–Crippen MR) is 111 cm³/mol. The second-order valence-corrected chi connectivity index (χ2v) is 7.56. The number of ether oxygens (including phenoxy) is 3. The van der Waals surface area contributed by atoms with Gasteiger partial charge in [-0.05, 0) is 49.2 Å². The Balaban J connectivity index is 1.61. The summed E-state index contributed by atoms with van der Waals surface area (Å²) in [4.78, 5) is 6.88. The Morgan fingerprint density at radius 3 is 2.72 bits per heavy atom. The van der Waals surface area contributed by atoms with Crippen molar-refractivity contribution in [3.8, 4) is 17.4 Å². The first-order valence-corrected chi connectivity index (χ1v) is 9.75. The van der Waals surface area contributed by atoms with Crippen LogP contribution in [-0.4, -0.2) is 41.5 Å². The van der Waals surface area contributed by atoms with E-state index in [9.17, 15) is 5.11 Å². The highest BCUT2D eigenvalue weighted by Gasteiger charge is 2.18. The highest BCUT2D eigenvalue weighted by atomic mass is 16.7. The monoisotopic (exact) mass is 394 g/mol. The van der Waals surface area contributed by atoms with Crippen molar-refractivity contribution in [2.24, 2.45) is 0 Å². The lowest BCUT2D eigenvalue weighted by Gasteiger charge is -2.25. The molecule has 1 aliphatic heterocycles. The molecule has 0 fully saturated rings. The van der Waals surface area contributed by atoms with Crippen LogP contribution in [0.15, 0.2) is 42.5 Å². The van der Waals surface area contributed by atoms with Gasteiger partial charge in [-0.3, -0.25) is 4.90 Å². The molecule has 2 aromatic carbocycles. The molecule has 152 valence electrons. The zero-order chi connectivity index (χ0) is 20.4. The van der Waals surface area contributed by atoms with Gasteiger partial charge in [-0.25, -0.2) is 4.98 Å². The third kappa shape index (κ3) is 4.44. The second kappa shape index (κ2) is 8.27. The van der Waals surface area contributed by atoms with E-state index in [1.54, 1.807) is 14.0 Å². The Morgan fingerprint density at radius 1 is 1.10 bits per heavy atom. The summed E-state index contributed by atoms with van der Waals surface area (Å²) in [5.41, 5.74) is 4.17. The van der Waals surface area contributed by atoms with Gasteiger partial charge in [0.05, 0.1) is 18.7 Å². The van der Waals surface area contributed by atoms with Crippen LogP contribution in [0.1, 0.15) is 23.6 Å². The molecule has 2 heterocycles. The van der Waals surface area contributed by atoms with Crippen molar-refractivity contribution in [3.63, 3.8) is 0 Å². The van der Waals surface area contributed by atoms with Crippen LogP contribution >= 0.6 is 0 Å². The number of aliphatic hydroxyl groups is 1. The largest absolute Gasteiger partial charge is 0.481 e. The summed E-state index contributed by atoms with van der Waals surface area (Å²) in [5.74, 6) is 2.15. The molecule has 3 aromatic rings. The van der Waals surface area contributed by atoms with Crippen molar-refractivity contribution < 1.29 is 19.3 Å². The van der Waals surface area contributed by atoms with E-state index in [1.807, 2.05) is 18.2 Å². The Morgan fingerprint density at radius 2 is 1.93 bits per heavy atom. The van der Waals surface area contributed by atoms with Gasteiger partial charge in [-0.2, -0.15) is 0 Å². The Hall–Kier alpha value is -2.83. The van der Waals surface area contributed by atoms with E-state index >= 15 is 0 Å². The average Bonchev–Trinajstić information content (AvgIpc) is 3.15. The molecular formula is C23H26N2O4. The van der Waals surface area contributed by atoms with Crippen LogP contribution < -0.4 is 14.2 Å². The molecule has 0 saturated heterocycles. The number of benzene rings is 2. The van der Waals surface area contributed by atoms with Gasteiger partial charge in [0.15, 0.2) is 11.5 Å². The number of nitrogens with zero attached hydrogens (tertiary/aromatic N) is 2. The second-order valence-electron chi connectivity index (χ2n) is 7.56. The maximum Gasteiger partial charge on any atom is 0.231 e. The minimum Gasteiger partial charge on any atom is -0.481 e. The van der Waals surface area contributed by atoms with E-state index in [-0.39, 0.29) is 6.79 Å². The minimum absolute atomic E-state index is 0.260. The third-order valence-corrected chi connectivity index (χ3v) is 4.97. The zero-order valence-corrected chi connectivity index (χ0v) is 17.0. The Kier molecular flexibility index (Phi) is 5.56. The molecule has 1 aliphatic rings. The topological polar surface area (TPSA) is 64.1 Å². The molecule has 0 radical (unpaired) electrons. The van der Waals surface area contributed by atoms with Gasteiger partial charge in [0.2, 0.25) is 12.7 Å². The fraction of sp³-hybridized carbons (Fsp3) is 0.348. The number of aryl methyl sites for hydroxylation is 1. The van der Waals surface area contributed by atoms with E-state index in [0.717, 1.165) is 33.5 Å². The number of aromatic nitrogens is 1. The summed E-state index contributed by atoms with van der Waals surface area (Å²) in [6, 6.07) is 14.3. The number of pyridine rings is 1. The fourth-order valence-corrected chi connectivity index (χ4v) is 3.69. The summed E-state index contributed by atoms with van der Waals surface area (Å²) in [5, 5.41) is 11.1. The van der Waals surface area contributed by atoms with Crippen molar-refractivity contribution in [1.29, 1.82) is 0 Å². The van der Waals surface area contributed by atoms with Crippen LogP contribution in [0, 0.1) is 6.92 Å². The predicted octanol–water partition coefficient (Wildman–Crippen LogP) is 3.66. The molecule has 1 aromatic heterocycles. The first kappa shape index (κ1) is 19.5. The number of hydrogen-bond acceptors (Lipinski definition) is 6. The maximum absolute atomic E-state index is 10.0. The standard InChI is InChI=1S/C23H26N2O4/c1-15-4-6-18-10-19(23(27-3)24-20(18)8-15)13-25(11-16(2)26)12-17-5-7-21-22(9-17)29-14-28-21/h4-10,16,26H,11-14H2,1-3H3/t16-/m0/s1. The molecule has 0 bridgehead atoms. The molecule has 0 spiro atoms. The van der Waals surface area contributed by atoms with E-state index in [0.29, 0.717) is 25.5 Å². The molecule has 0 amide bonds. The van der Waals surface area contributed by atoms with Crippen molar-refractivity contribution in [2.75, 3.05) is 20.4 Å². The molecule has 0 saturated carbocycles. The summed E-state index contributed by atoms with van der Waals surface area (Å²) in [6.45, 7) is 5.91. The normalized spacial score (nSPS) is 13.8.